The number of thiophene rings is 1. The van der Waals surface area contributed by atoms with Crippen molar-refractivity contribution in [3.8, 4) is 11.4 Å². The Hall–Kier alpha value is -4.36. The quantitative estimate of drug-likeness (QED) is 0.149. The van der Waals surface area contributed by atoms with E-state index in [0.717, 1.165) is 23.1 Å². The van der Waals surface area contributed by atoms with Gasteiger partial charge in [0.2, 0.25) is 11.6 Å². The van der Waals surface area contributed by atoms with E-state index >= 15 is 0 Å². The number of thioether (sulfide) groups is 1. The average molecular weight is 570 g/mol. The van der Waals surface area contributed by atoms with Crippen molar-refractivity contribution in [2.24, 2.45) is 0 Å². The van der Waals surface area contributed by atoms with Crippen molar-refractivity contribution in [3.63, 3.8) is 0 Å². The van der Waals surface area contributed by atoms with E-state index in [0.29, 0.717) is 22.7 Å². The third-order valence-electron chi connectivity index (χ3n) is 5.40. The van der Waals surface area contributed by atoms with E-state index in [-0.39, 0.29) is 32.8 Å². The Labute approximate surface area is 231 Å². The molecule has 0 bridgehead atoms. The summed E-state index contributed by atoms with van der Waals surface area (Å²) in [5.74, 6) is -1.11. The fourth-order valence-corrected chi connectivity index (χ4v) is 5.44. The maximum absolute atomic E-state index is 13.0. The number of carbonyl (C=O) groups is 3. The van der Waals surface area contributed by atoms with Crippen LogP contribution in [0.2, 0.25) is 0 Å². The van der Waals surface area contributed by atoms with Gasteiger partial charge in [-0.25, -0.2) is 9.59 Å². The Bertz CT molecular complexity index is 1540. The van der Waals surface area contributed by atoms with Gasteiger partial charge in [-0.3, -0.25) is 14.1 Å². The molecule has 0 fully saturated rings. The van der Waals surface area contributed by atoms with Crippen LogP contribution in [0.25, 0.3) is 5.69 Å². The zero-order valence-corrected chi connectivity index (χ0v) is 22.9. The minimum atomic E-state index is -0.656. The van der Waals surface area contributed by atoms with Crippen LogP contribution in [0.4, 0.5) is 10.7 Å². The molecule has 0 atom stereocenters. The average Bonchev–Trinajstić information content (AvgIpc) is 3.47. The number of esters is 1. The number of nitrogens with one attached hydrogen (secondary N) is 3. The first-order valence-electron chi connectivity index (χ1n) is 11.7. The van der Waals surface area contributed by atoms with E-state index in [1.807, 2.05) is 6.07 Å². The summed E-state index contributed by atoms with van der Waals surface area (Å²) in [5.41, 5.74) is 1.02. The van der Waals surface area contributed by atoms with Crippen molar-refractivity contribution in [2.75, 3.05) is 30.1 Å². The fraction of sp³-hybridized carbons (Fsp3) is 0.192. The summed E-state index contributed by atoms with van der Waals surface area (Å²) in [7, 11) is 1.54. The molecule has 0 aliphatic rings. The molecule has 0 unspecified atom stereocenters. The molecule has 0 spiro atoms. The van der Waals surface area contributed by atoms with Crippen LogP contribution in [-0.4, -0.2) is 42.5 Å². The van der Waals surface area contributed by atoms with E-state index in [2.05, 4.69) is 15.9 Å². The molecule has 4 aromatic rings. The monoisotopic (exact) mass is 569 g/mol. The van der Waals surface area contributed by atoms with Crippen molar-refractivity contribution in [2.45, 2.75) is 18.9 Å². The third-order valence-corrected chi connectivity index (χ3v) is 7.63. The lowest BCUT2D eigenvalue weighted by Crippen LogP contribution is -2.36. The van der Waals surface area contributed by atoms with Crippen molar-refractivity contribution >= 4 is 51.6 Å². The largest absolute Gasteiger partial charge is 0.497 e. The van der Waals surface area contributed by atoms with Crippen LogP contribution >= 0.6 is 23.1 Å². The van der Waals surface area contributed by atoms with Crippen molar-refractivity contribution < 1.29 is 33.1 Å². The highest BCUT2D eigenvalue weighted by Gasteiger charge is 2.28. The van der Waals surface area contributed by atoms with E-state index in [1.165, 1.54) is 4.68 Å². The molecule has 2 heterocycles. The molecule has 4 rings (SSSR count). The fourth-order valence-electron chi connectivity index (χ4n) is 3.56. The smallest absolute Gasteiger partial charge is 0.442 e. The van der Waals surface area contributed by atoms with E-state index in [9.17, 15) is 19.2 Å². The van der Waals surface area contributed by atoms with Gasteiger partial charge in [0.05, 0.1) is 29.9 Å². The molecule has 0 radical (unpaired) electrons. The minimum absolute atomic E-state index is 0.105. The molecule has 2 aromatic carbocycles. The number of para-hydroxylation sites is 1. The second kappa shape index (κ2) is 12.5. The summed E-state index contributed by atoms with van der Waals surface area (Å²) in [6, 6.07) is 15.7. The van der Waals surface area contributed by atoms with Gasteiger partial charge in [-0.15, -0.1) is 11.3 Å². The number of carbonyl (C=O) groups excluding carboxylic acids is 3. The highest BCUT2D eigenvalue weighted by molar-refractivity contribution is 7.99. The van der Waals surface area contributed by atoms with Gasteiger partial charge in [0, 0.05) is 17.8 Å². The molecular formula is C26H25N4O7S2+. The molecular weight excluding hydrogens is 544 g/mol. The van der Waals surface area contributed by atoms with Gasteiger partial charge < -0.3 is 20.1 Å². The lowest BCUT2D eigenvalue weighted by Gasteiger charge is -2.06. The number of hydrogen-bond donors (Lipinski definition) is 3. The van der Waals surface area contributed by atoms with Gasteiger partial charge in [0.15, 0.2) is 0 Å². The predicted octanol–water partition coefficient (Wildman–Crippen LogP) is 3.78. The van der Waals surface area contributed by atoms with Gasteiger partial charge in [-0.05, 0) is 65.4 Å². The van der Waals surface area contributed by atoms with Crippen molar-refractivity contribution in [1.29, 1.82) is 0 Å². The van der Waals surface area contributed by atoms with Crippen molar-refractivity contribution in [1.82, 2.24) is 5.27 Å². The van der Waals surface area contributed by atoms with Gasteiger partial charge in [-0.1, -0.05) is 18.2 Å². The van der Waals surface area contributed by atoms with Gasteiger partial charge in [0.25, 0.3) is 5.91 Å². The van der Waals surface area contributed by atoms with Crippen LogP contribution in [0.3, 0.4) is 0 Å². The van der Waals surface area contributed by atoms with Gasteiger partial charge >= 0.3 is 16.6 Å². The molecule has 11 nitrogen and oxygen atoms in total. The summed E-state index contributed by atoms with van der Waals surface area (Å²) < 4.78 is 16.7. The second-order valence-corrected chi connectivity index (χ2v) is 9.94. The van der Waals surface area contributed by atoms with Crippen LogP contribution in [0.5, 0.6) is 5.75 Å². The van der Waals surface area contributed by atoms with Crippen molar-refractivity contribution in [3.05, 3.63) is 81.0 Å². The van der Waals surface area contributed by atoms with Gasteiger partial charge in [0.1, 0.15) is 10.8 Å². The molecule has 2 aromatic heterocycles. The number of nitrogens with zero attached hydrogens (tertiary/aromatic N) is 1. The first-order chi connectivity index (χ1) is 18.8. The maximum atomic E-state index is 13.0. The van der Waals surface area contributed by atoms with E-state index < -0.39 is 23.4 Å². The Morgan fingerprint density at radius 3 is 2.46 bits per heavy atom. The Morgan fingerprint density at radius 2 is 1.79 bits per heavy atom. The normalized spacial score (nSPS) is 10.6. The number of anilines is 2. The number of H-pyrrole nitrogens is 1. The lowest BCUT2D eigenvalue weighted by molar-refractivity contribution is -0.704. The zero-order chi connectivity index (χ0) is 27.9. The highest BCUT2D eigenvalue weighted by atomic mass is 32.2. The summed E-state index contributed by atoms with van der Waals surface area (Å²) in [6.07, 6.45) is 0. The predicted molar refractivity (Wildman–Crippen MR) is 146 cm³/mol. The molecule has 13 heteroatoms. The Morgan fingerprint density at radius 1 is 1.08 bits per heavy atom. The Kier molecular flexibility index (Phi) is 8.84. The molecule has 0 saturated carbocycles. The van der Waals surface area contributed by atoms with Crippen LogP contribution in [0, 0.1) is 6.92 Å². The highest BCUT2D eigenvalue weighted by Crippen LogP contribution is 2.34. The summed E-state index contributed by atoms with van der Waals surface area (Å²) >= 11 is 1.92. The summed E-state index contributed by atoms with van der Waals surface area (Å²) in [5, 5.41) is 8.32. The second-order valence-electron chi connectivity index (χ2n) is 7.96. The standard InChI is InChI=1S/C26H24N4O7S2/c1-4-36-25(33)20-15(2)21(22(32)27-16-8-6-5-7-9-16)39-23(20)28-19(31)14-38-24-26(34)37-29-30(24)17-10-12-18(35-3)13-11-17/h5-13H,4,14H2,1-3H3,(H2-,27,28,29,31,32,33,34)/p+1. The number of hydrogen-bond acceptors (Lipinski definition) is 9. The molecule has 3 N–H and O–H groups in total. The lowest BCUT2D eigenvalue weighted by atomic mass is 10.1. The molecule has 0 saturated heterocycles. The van der Waals surface area contributed by atoms with Crippen LogP contribution in [0.1, 0.15) is 32.5 Å². The summed E-state index contributed by atoms with van der Waals surface area (Å²) in [4.78, 5) is 51.2. The number of aromatic nitrogens is 2. The van der Waals surface area contributed by atoms with E-state index in [4.69, 9.17) is 14.0 Å². The Balaban J connectivity index is 1.53. The van der Waals surface area contributed by atoms with Gasteiger partial charge in [-0.2, -0.15) is 0 Å². The molecule has 0 aliphatic carbocycles. The first kappa shape index (κ1) is 27.7. The number of aromatic amines is 1. The number of benzene rings is 2. The molecule has 2 amide bonds. The number of rotatable bonds is 10. The third kappa shape index (κ3) is 6.38. The molecule has 202 valence electrons. The first-order valence-corrected chi connectivity index (χ1v) is 13.5. The number of amides is 2. The molecule has 39 heavy (non-hydrogen) atoms. The van der Waals surface area contributed by atoms with Crippen LogP contribution < -0.4 is 25.7 Å². The minimum Gasteiger partial charge on any atom is -0.497 e. The van der Waals surface area contributed by atoms with Crippen LogP contribution in [-0.2, 0) is 9.53 Å². The molecule has 0 aliphatic heterocycles. The summed E-state index contributed by atoms with van der Waals surface area (Å²) in [6.45, 7) is 3.41. The van der Waals surface area contributed by atoms with Crippen LogP contribution in [0.15, 0.2) is 68.9 Å². The maximum Gasteiger partial charge on any atom is 0.442 e. The topological polar surface area (TPSA) is 144 Å². The number of ether oxygens (including phenoxy) is 2. The zero-order valence-electron chi connectivity index (χ0n) is 21.2. The number of methoxy groups -OCH3 is 1. The SMILES string of the molecule is CCOC(=O)c1c(NC(=O)CSc2c(=O)o[nH][n+]2-c2ccc(OC)cc2)sc(C(=O)Nc2ccccc2)c1C. The van der Waals surface area contributed by atoms with E-state index in [1.54, 1.807) is 69.5 Å².